The fraction of sp³-hybridized carbons (Fsp3) is 0.462. The zero-order valence-corrected chi connectivity index (χ0v) is 12.2. The SMILES string of the molecule is CC(C)CNS(=O)(=O)N(C)Cc1cccc(C#N)c1. The van der Waals surface area contributed by atoms with Gasteiger partial charge in [-0.1, -0.05) is 26.0 Å². The van der Waals surface area contributed by atoms with Gasteiger partial charge in [0.15, 0.2) is 0 Å². The van der Waals surface area contributed by atoms with Gasteiger partial charge in [-0.15, -0.1) is 0 Å². The second kappa shape index (κ2) is 6.66. The van der Waals surface area contributed by atoms with Crippen LogP contribution in [0.1, 0.15) is 25.0 Å². The average Bonchev–Trinajstić information content (AvgIpc) is 2.36. The van der Waals surface area contributed by atoms with Crippen molar-refractivity contribution < 1.29 is 8.42 Å². The molecule has 0 heterocycles. The van der Waals surface area contributed by atoms with Crippen molar-refractivity contribution in [2.24, 2.45) is 5.92 Å². The molecule has 104 valence electrons. The largest absolute Gasteiger partial charge is 0.279 e. The molecule has 0 saturated carbocycles. The summed E-state index contributed by atoms with van der Waals surface area (Å²) in [6, 6.07) is 8.96. The number of nitrogens with zero attached hydrogens (tertiary/aromatic N) is 2. The Hall–Kier alpha value is -1.42. The average molecular weight is 281 g/mol. The van der Waals surface area contributed by atoms with Crippen LogP contribution in [-0.4, -0.2) is 26.3 Å². The Balaban J connectivity index is 2.73. The third-order valence-corrected chi connectivity index (χ3v) is 4.03. The highest BCUT2D eigenvalue weighted by Crippen LogP contribution is 2.09. The molecule has 0 aliphatic heterocycles. The summed E-state index contributed by atoms with van der Waals surface area (Å²) in [5, 5.41) is 8.81. The second-order valence-corrected chi connectivity index (χ2v) is 6.68. The highest BCUT2D eigenvalue weighted by Gasteiger charge is 2.17. The van der Waals surface area contributed by atoms with Crippen molar-refractivity contribution in [3.05, 3.63) is 35.4 Å². The summed E-state index contributed by atoms with van der Waals surface area (Å²) in [5.41, 5.74) is 1.31. The van der Waals surface area contributed by atoms with E-state index in [1.54, 1.807) is 24.3 Å². The minimum atomic E-state index is -3.47. The van der Waals surface area contributed by atoms with E-state index in [-0.39, 0.29) is 12.5 Å². The van der Waals surface area contributed by atoms with E-state index < -0.39 is 10.2 Å². The molecule has 1 aromatic carbocycles. The van der Waals surface area contributed by atoms with Gasteiger partial charge in [0.1, 0.15) is 0 Å². The van der Waals surface area contributed by atoms with Gasteiger partial charge in [0, 0.05) is 20.1 Å². The molecular weight excluding hydrogens is 262 g/mol. The minimum absolute atomic E-state index is 0.239. The lowest BCUT2D eigenvalue weighted by Gasteiger charge is -2.18. The molecule has 5 nitrogen and oxygen atoms in total. The molecule has 1 N–H and O–H groups in total. The first-order valence-electron chi connectivity index (χ1n) is 6.05. The van der Waals surface area contributed by atoms with Crippen LogP contribution in [0.15, 0.2) is 24.3 Å². The molecule has 0 bridgehead atoms. The van der Waals surface area contributed by atoms with Gasteiger partial charge in [0.05, 0.1) is 11.6 Å². The van der Waals surface area contributed by atoms with Crippen LogP contribution in [0.25, 0.3) is 0 Å². The van der Waals surface area contributed by atoms with Crippen LogP contribution in [0.4, 0.5) is 0 Å². The smallest absolute Gasteiger partial charge is 0.202 e. The number of rotatable bonds is 6. The van der Waals surface area contributed by atoms with E-state index in [0.29, 0.717) is 12.1 Å². The molecule has 0 aliphatic carbocycles. The van der Waals surface area contributed by atoms with Crippen molar-refractivity contribution >= 4 is 10.2 Å². The predicted molar refractivity (Wildman–Crippen MR) is 74.4 cm³/mol. The molecule has 0 fully saturated rings. The van der Waals surface area contributed by atoms with Crippen LogP contribution in [-0.2, 0) is 16.8 Å². The fourth-order valence-corrected chi connectivity index (χ4v) is 2.55. The topological polar surface area (TPSA) is 73.2 Å². The highest BCUT2D eigenvalue weighted by molar-refractivity contribution is 7.87. The second-order valence-electron chi connectivity index (χ2n) is 4.82. The van der Waals surface area contributed by atoms with Crippen LogP contribution < -0.4 is 4.72 Å². The standard InChI is InChI=1S/C13H19N3O2S/c1-11(2)9-15-19(17,18)16(3)10-13-6-4-5-12(7-13)8-14/h4-7,11,15H,9-10H2,1-3H3. The predicted octanol–water partition coefficient (Wildman–Crippen LogP) is 1.48. The first-order chi connectivity index (χ1) is 8.85. The summed E-state index contributed by atoms with van der Waals surface area (Å²) in [4.78, 5) is 0. The van der Waals surface area contributed by atoms with Crippen LogP contribution in [0, 0.1) is 17.2 Å². The van der Waals surface area contributed by atoms with Crippen LogP contribution >= 0.6 is 0 Å². The van der Waals surface area contributed by atoms with Crippen LogP contribution in [0.5, 0.6) is 0 Å². The molecule has 0 radical (unpaired) electrons. The highest BCUT2D eigenvalue weighted by atomic mass is 32.2. The molecular formula is C13H19N3O2S. The van der Waals surface area contributed by atoms with Gasteiger partial charge in [0.2, 0.25) is 0 Å². The van der Waals surface area contributed by atoms with Crippen LogP contribution in [0.3, 0.4) is 0 Å². The van der Waals surface area contributed by atoms with Crippen molar-refractivity contribution in [3.63, 3.8) is 0 Å². The third kappa shape index (κ3) is 4.99. The van der Waals surface area contributed by atoms with Gasteiger partial charge in [0.25, 0.3) is 10.2 Å². The molecule has 0 unspecified atom stereocenters. The van der Waals surface area contributed by atoms with Gasteiger partial charge >= 0.3 is 0 Å². The summed E-state index contributed by atoms with van der Waals surface area (Å²) in [6.45, 7) is 4.53. The van der Waals surface area contributed by atoms with Crippen molar-refractivity contribution in [2.45, 2.75) is 20.4 Å². The molecule has 0 amide bonds. The third-order valence-electron chi connectivity index (χ3n) is 2.55. The van der Waals surface area contributed by atoms with Gasteiger partial charge in [-0.3, -0.25) is 0 Å². The quantitative estimate of drug-likeness (QED) is 0.858. The lowest BCUT2D eigenvalue weighted by Crippen LogP contribution is -2.39. The number of nitrogens with one attached hydrogen (secondary N) is 1. The number of nitriles is 1. The van der Waals surface area contributed by atoms with E-state index in [0.717, 1.165) is 5.56 Å². The maximum absolute atomic E-state index is 11.9. The fourth-order valence-electron chi connectivity index (χ4n) is 1.46. The zero-order chi connectivity index (χ0) is 14.5. The van der Waals surface area contributed by atoms with Crippen molar-refractivity contribution in [3.8, 4) is 6.07 Å². The molecule has 0 saturated heterocycles. The number of hydrogen-bond acceptors (Lipinski definition) is 3. The molecule has 0 atom stereocenters. The number of hydrogen-bond donors (Lipinski definition) is 1. The van der Waals surface area contributed by atoms with E-state index >= 15 is 0 Å². The van der Waals surface area contributed by atoms with Gasteiger partial charge in [-0.25, -0.2) is 4.72 Å². The summed E-state index contributed by atoms with van der Waals surface area (Å²) >= 11 is 0. The summed E-state index contributed by atoms with van der Waals surface area (Å²) in [7, 11) is -1.96. The van der Waals surface area contributed by atoms with Gasteiger partial charge < -0.3 is 0 Å². The minimum Gasteiger partial charge on any atom is -0.202 e. The molecule has 0 spiro atoms. The lowest BCUT2D eigenvalue weighted by molar-refractivity contribution is 0.449. The van der Waals surface area contributed by atoms with E-state index in [9.17, 15) is 8.42 Å². The van der Waals surface area contributed by atoms with Gasteiger partial charge in [-0.2, -0.15) is 18.0 Å². The van der Waals surface area contributed by atoms with Crippen LogP contribution in [0.2, 0.25) is 0 Å². The molecule has 1 rings (SSSR count). The first-order valence-corrected chi connectivity index (χ1v) is 7.49. The van der Waals surface area contributed by atoms with E-state index in [1.807, 2.05) is 19.9 Å². The summed E-state index contributed by atoms with van der Waals surface area (Å²) < 4.78 is 27.7. The molecule has 1 aromatic rings. The van der Waals surface area contributed by atoms with Crippen molar-refractivity contribution in [1.29, 1.82) is 5.26 Å². The molecule has 0 aliphatic rings. The molecule has 19 heavy (non-hydrogen) atoms. The van der Waals surface area contributed by atoms with E-state index in [1.165, 1.54) is 11.4 Å². The Bertz CT molecular complexity index is 561. The normalized spacial score (nSPS) is 11.8. The van der Waals surface area contributed by atoms with Crippen molar-refractivity contribution in [1.82, 2.24) is 9.03 Å². The lowest BCUT2D eigenvalue weighted by atomic mass is 10.1. The van der Waals surface area contributed by atoms with E-state index in [4.69, 9.17) is 5.26 Å². The summed E-state index contributed by atoms with van der Waals surface area (Å²) in [5.74, 6) is 0.255. The van der Waals surface area contributed by atoms with E-state index in [2.05, 4.69) is 4.72 Å². The maximum Gasteiger partial charge on any atom is 0.279 e. The Morgan fingerprint density at radius 1 is 1.42 bits per heavy atom. The molecule has 0 aromatic heterocycles. The molecule has 6 heteroatoms. The Morgan fingerprint density at radius 2 is 2.11 bits per heavy atom. The Kier molecular flexibility index (Phi) is 5.48. The summed E-state index contributed by atoms with van der Waals surface area (Å²) in [6.07, 6.45) is 0. The zero-order valence-electron chi connectivity index (χ0n) is 11.4. The Morgan fingerprint density at radius 3 is 2.68 bits per heavy atom. The van der Waals surface area contributed by atoms with Crippen molar-refractivity contribution in [2.75, 3.05) is 13.6 Å². The Labute approximate surface area is 115 Å². The monoisotopic (exact) mass is 281 g/mol. The maximum atomic E-state index is 11.9. The van der Waals surface area contributed by atoms with Gasteiger partial charge in [-0.05, 0) is 23.6 Å². The number of benzene rings is 1. The first kappa shape index (κ1) is 15.6.